The predicted octanol–water partition coefficient (Wildman–Crippen LogP) is 4.04. The Kier molecular flexibility index (Phi) is 5.38. The minimum atomic E-state index is -0.227. The Labute approximate surface area is 123 Å². The lowest BCUT2D eigenvalue weighted by Gasteiger charge is -2.08. The van der Waals surface area contributed by atoms with Crippen molar-refractivity contribution in [3.05, 3.63) is 29.3 Å². The summed E-state index contributed by atoms with van der Waals surface area (Å²) in [5.41, 5.74) is 2.23. The Morgan fingerprint density at radius 3 is 2.85 bits per heavy atom. The molecule has 2 aromatic rings. The maximum atomic E-state index is 13.6. The fourth-order valence-corrected chi connectivity index (χ4v) is 2.43. The smallest absolute Gasteiger partial charge is 0.128 e. The number of fused-ring (bicyclic) bond motifs is 1. The zero-order valence-electron chi connectivity index (χ0n) is 12.0. The van der Waals surface area contributed by atoms with E-state index in [2.05, 4.69) is 16.5 Å². The first-order valence-electron chi connectivity index (χ1n) is 6.96. The largest absolute Gasteiger partial charge is 0.381 e. The van der Waals surface area contributed by atoms with Gasteiger partial charge in [-0.1, -0.05) is 6.92 Å². The van der Waals surface area contributed by atoms with Crippen molar-refractivity contribution in [3.63, 3.8) is 0 Å². The number of aryl methyl sites for hydroxylation is 2. The maximum Gasteiger partial charge on any atom is 0.128 e. The van der Waals surface area contributed by atoms with E-state index in [-0.39, 0.29) is 5.82 Å². The summed E-state index contributed by atoms with van der Waals surface area (Å²) in [5.74, 6) is 0.877. The van der Waals surface area contributed by atoms with E-state index in [1.807, 2.05) is 6.07 Å². The van der Waals surface area contributed by atoms with Gasteiger partial charge in [0.15, 0.2) is 0 Å². The zero-order valence-corrected chi connectivity index (χ0v) is 12.7. The number of rotatable bonds is 7. The fourth-order valence-electron chi connectivity index (χ4n) is 2.22. The van der Waals surface area contributed by atoms with Crippen molar-refractivity contribution in [2.24, 2.45) is 0 Å². The van der Waals surface area contributed by atoms with Gasteiger partial charge in [-0.15, -0.1) is 11.6 Å². The molecular formula is C15H20ClFN2O. The molecule has 0 aliphatic carbocycles. The topological polar surface area (TPSA) is 27.1 Å². The molecule has 1 aromatic carbocycles. The van der Waals surface area contributed by atoms with Gasteiger partial charge in [0.2, 0.25) is 0 Å². The molecule has 0 fully saturated rings. The molecule has 0 amide bonds. The molecule has 0 N–H and O–H groups in total. The lowest BCUT2D eigenvalue weighted by Crippen LogP contribution is -2.06. The number of ether oxygens (including phenoxy) is 1. The van der Waals surface area contributed by atoms with Crippen LogP contribution < -0.4 is 0 Å². The van der Waals surface area contributed by atoms with Gasteiger partial charge >= 0.3 is 0 Å². The third kappa shape index (κ3) is 3.30. The molecule has 0 aliphatic rings. The molecule has 110 valence electrons. The van der Waals surface area contributed by atoms with Crippen molar-refractivity contribution in [2.45, 2.75) is 39.1 Å². The molecule has 0 aliphatic heterocycles. The highest BCUT2D eigenvalue weighted by molar-refractivity contribution is 6.16. The number of imidazole rings is 1. The van der Waals surface area contributed by atoms with E-state index in [0.717, 1.165) is 43.9 Å². The van der Waals surface area contributed by atoms with Crippen molar-refractivity contribution in [1.82, 2.24) is 9.55 Å². The molecule has 0 unspecified atom stereocenters. The first-order valence-corrected chi connectivity index (χ1v) is 7.49. The minimum Gasteiger partial charge on any atom is -0.381 e. The summed E-state index contributed by atoms with van der Waals surface area (Å²) in [6.07, 6.45) is 1.92. The van der Waals surface area contributed by atoms with E-state index in [4.69, 9.17) is 16.3 Å². The van der Waals surface area contributed by atoms with Crippen LogP contribution in [0.1, 0.15) is 31.2 Å². The second-order valence-electron chi connectivity index (χ2n) is 4.87. The van der Waals surface area contributed by atoms with E-state index < -0.39 is 0 Å². The molecule has 0 saturated heterocycles. The third-order valence-electron chi connectivity index (χ3n) is 3.25. The van der Waals surface area contributed by atoms with Crippen LogP contribution in [0.15, 0.2) is 12.1 Å². The van der Waals surface area contributed by atoms with Gasteiger partial charge in [0.1, 0.15) is 11.6 Å². The normalized spacial score (nSPS) is 11.4. The van der Waals surface area contributed by atoms with Crippen LogP contribution >= 0.6 is 11.6 Å². The van der Waals surface area contributed by atoms with Crippen LogP contribution in [-0.2, 0) is 17.2 Å². The quantitative estimate of drug-likeness (QED) is 0.570. The summed E-state index contributed by atoms with van der Waals surface area (Å²) in [5, 5.41) is 0. The van der Waals surface area contributed by atoms with Gasteiger partial charge in [-0.05, 0) is 31.4 Å². The van der Waals surface area contributed by atoms with Gasteiger partial charge in [0.05, 0.1) is 16.9 Å². The molecule has 3 nitrogen and oxygen atoms in total. The Balaban J connectivity index is 2.19. The van der Waals surface area contributed by atoms with Crippen LogP contribution in [0.3, 0.4) is 0 Å². The Bertz CT molecular complexity index is 583. The second kappa shape index (κ2) is 7.04. The average Bonchev–Trinajstić information content (AvgIpc) is 2.76. The standard InChI is InChI=1S/C15H20ClFN2O/c1-3-6-20-7-4-5-19-14-8-11(2)12(17)9-13(14)18-15(19)10-16/h8-9H,3-7,10H2,1-2H3. The van der Waals surface area contributed by atoms with E-state index >= 15 is 0 Å². The summed E-state index contributed by atoms with van der Waals surface area (Å²) in [6, 6.07) is 3.31. The highest BCUT2D eigenvalue weighted by atomic mass is 35.5. The predicted molar refractivity (Wildman–Crippen MR) is 79.7 cm³/mol. The fraction of sp³-hybridized carbons (Fsp3) is 0.533. The maximum absolute atomic E-state index is 13.6. The van der Waals surface area contributed by atoms with Crippen molar-refractivity contribution < 1.29 is 9.13 Å². The van der Waals surface area contributed by atoms with Crippen molar-refractivity contribution in [2.75, 3.05) is 13.2 Å². The number of alkyl halides is 1. The Hall–Kier alpha value is -1.13. The highest BCUT2D eigenvalue weighted by Gasteiger charge is 2.12. The molecule has 5 heteroatoms. The highest BCUT2D eigenvalue weighted by Crippen LogP contribution is 2.21. The number of benzene rings is 1. The van der Waals surface area contributed by atoms with Crippen molar-refractivity contribution in [3.8, 4) is 0 Å². The number of aromatic nitrogens is 2. The van der Waals surface area contributed by atoms with Gasteiger partial charge < -0.3 is 9.30 Å². The summed E-state index contributed by atoms with van der Waals surface area (Å²) < 4.78 is 21.1. The molecule has 0 radical (unpaired) electrons. The number of halogens is 2. The summed E-state index contributed by atoms with van der Waals surface area (Å²) in [6.45, 7) is 6.14. The third-order valence-corrected chi connectivity index (χ3v) is 3.49. The van der Waals surface area contributed by atoms with E-state index in [0.29, 0.717) is 17.0 Å². The molecule has 1 aromatic heterocycles. The van der Waals surface area contributed by atoms with Crippen LogP contribution in [-0.4, -0.2) is 22.8 Å². The van der Waals surface area contributed by atoms with Crippen molar-refractivity contribution >= 4 is 22.6 Å². The van der Waals surface area contributed by atoms with E-state index in [1.54, 1.807) is 6.92 Å². The van der Waals surface area contributed by atoms with E-state index in [1.165, 1.54) is 6.07 Å². The van der Waals surface area contributed by atoms with Crippen LogP contribution in [0.4, 0.5) is 4.39 Å². The van der Waals surface area contributed by atoms with E-state index in [9.17, 15) is 4.39 Å². The molecule has 1 heterocycles. The summed E-state index contributed by atoms with van der Waals surface area (Å²) in [4.78, 5) is 4.40. The molecule has 20 heavy (non-hydrogen) atoms. The van der Waals surface area contributed by atoms with Crippen LogP contribution in [0.5, 0.6) is 0 Å². The SMILES string of the molecule is CCCOCCCn1c(CCl)nc2cc(F)c(C)cc21. The summed E-state index contributed by atoms with van der Waals surface area (Å²) in [7, 11) is 0. The number of nitrogens with zero attached hydrogens (tertiary/aromatic N) is 2. The van der Waals surface area contributed by atoms with Crippen LogP contribution in [0.25, 0.3) is 11.0 Å². The first-order chi connectivity index (χ1) is 9.67. The number of hydrogen-bond acceptors (Lipinski definition) is 2. The lowest BCUT2D eigenvalue weighted by atomic mass is 10.2. The monoisotopic (exact) mass is 298 g/mol. The van der Waals surface area contributed by atoms with Crippen LogP contribution in [0.2, 0.25) is 0 Å². The average molecular weight is 299 g/mol. The van der Waals surface area contributed by atoms with Gasteiger partial charge in [-0.2, -0.15) is 0 Å². The zero-order chi connectivity index (χ0) is 14.5. The van der Waals surface area contributed by atoms with Crippen LogP contribution in [0, 0.1) is 12.7 Å². The first kappa shape index (κ1) is 15.3. The second-order valence-corrected chi connectivity index (χ2v) is 5.14. The summed E-state index contributed by atoms with van der Waals surface area (Å²) >= 11 is 5.94. The molecule has 0 spiro atoms. The lowest BCUT2D eigenvalue weighted by molar-refractivity contribution is 0.129. The molecular weight excluding hydrogens is 279 g/mol. The minimum absolute atomic E-state index is 0.227. The van der Waals surface area contributed by atoms with Gasteiger partial charge in [0, 0.05) is 25.8 Å². The Morgan fingerprint density at radius 1 is 1.35 bits per heavy atom. The molecule has 2 rings (SSSR count). The van der Waals surface area contributed by atoms with Gasteiger partial charge in [0.25, 0.3) is 0 Å². The molecule has 0 bridgehead atoms. The van der Waals surface area contributed by atoms with Gasteiger partial charge in [-0.3, -0.25) is 0 Å². The van der Waals surface area contributed by atoms with Crippen molar-refractivity contribution in [1.29, 1.82) is 0 Å². The molecule has 0 atom stereocenters. The number of hydrogen-bond donors (Lipinski definition) is 0. The van der Waals surface area contributed by atoms with Gasteiger partial charge in [-0.25, -0.2) is 9.37 Å². The Morgan fingerprint density at radius 2 is 2.15 bits per heavy atom. The molecule has 0 saturated carbocycles.